The summed E-state index contributed by atoms with van der Waals surface area (Å²) < 4.78 is 33.4. The second kappa shape index (κ2) is 7.50. The molecule has 2 amide bonds. The predicted octanol–water partition coefficient (Wildman–Crippen LogP) is 2.14. The molecule has 2 aromatic rings. The minimum atomic E-state index is -3.04. The molecule has 0 aliphatic carbocycles. The Balaban J connectivity index is 1.65. The molecule has 0 bridgehead atoms. The topological polar surface area (TPSA) is 107 Å². The van der Waals surface area contributed by atoms with Gasteiger partial charge < -0.3 is 14.8 Å². The Kier molecular flexibility index (Phi) is 5.33. The minimum absolute atomic E-state index is 0.0187. The van der Waals surface area contributed by atoms with Gasteiger partial charge in [0.05, 0.1) is 31.4 Å². The van der Waals surface area contributed by atoms with Crippen molar-refractivity contribution in [2.24, 2.45) is 0 Å². The number of methoxy groups -OCH3 is 2. The number of thiazole rings is 1. The number of amides is 2. The number of urea groups is 1. The third-order valence-electron chi connectivity index (χ3n) is 3.97. The van der Waals surface area contributed by atoms with Crippen LogP contribution in [0.3, 0.4) is 0 Å². The Morgan fingerprint density at radius 1 is 1.27 bits per heavy atom. The summed E-state index contributed by atoms with van der Waals surface area (Å²) in [7, 11) is 0.0889. The third-order valence-corrected chi connectivity index (χ3v) is 6.50. The molecule has 1 aromatic heterocycles. The van der Waals surface area contributed by atoms with Crippen molar-refractivity contribution >= 4 is 32.3 Å². The van der Waals surface area contributed by atoms with Crippen LogP contribution < -0.4 is 20.1 Å². The van der Waals surface area contributed by atoms with Gasteiger partial charge in [0.15, 0.2) is 26.5 Å². The predicted molar refractivity (Wildman–Crippen MR) is 99.9 cm³/mol. The van der Waals surface area contributed by atoms with E-state index < -0.39 is 15.9 Å². The van der Waals surface area contributed by atoms with Gasteiger partial charge in [0, 0.05) is 17.0 Å². The van der Waals surface area contributed by atoms with Crippen molar-refractivity contribution in [2.75, 3.05) is 31.0 Å². The van der Waals surface area contributed by atoms with Gasteiger partial charge in [0.25, 0.3) is 0 Å². The van der Waals surface area contributed by atoms with Gasteiger partial charge in [-0.1, -0.05) is 0 Å². The van der Waals surface area contributed by atoms with Crippen molar-refractivity contribution in [1.82, 2.24) is 10.3 Å². The number of anilines is 1. The van der Waals surface area contributed by atoms with Crippen LogP contribution in [0.4, 0.5) is 9.93 Å². The molecule has 1 saturated heterocycles. The first-order valence-corrected chi connectivity index (χ1v) is 10.6. The second-order valence-corrected chi connectivity index (χ2v) is 8.89. The maximum atomic E-state index is 12.0. The van der Waals surface area contributed by atoms with Gasteiger partial charge >= 0.3 is 6.03 Å². The minimum Gasteiger partial charge on any atom is -0.493 e. The van der Waals surface area contributed by atoms with Crippen molar-refractivity contribution in [2.45, 2.75) is 12.5 Å². The SMILES string of the molecule is COc1ccc(-c2csc(NC(=O)N[C@@H]3CCS(=O)(=O)C3)n2)cc1OC. The molecule has 140 valence electrons. The molecule has 1 aliphatic rings. The largest absolute Gasteiger partial charge is 0.493 e. The van der Waals surface area contributed by atoms with E-state index in [4.69, 9.17) is 9.47 Å². The van der Waals surface area contributed by atoms with E-state index in [1.165, 1.54) is 11.3 Å². The monoisotopic (exact) mass is 397 g/mol. The number of nitrogens with zero attached hydrogens (tertiary/aromatic N) is 1. The van der Waals surface area contributed by atoms with Crippen LogP contribution in [0.1, 0.15) is 6.42 Å². The molecule has 0 unspecified atom stereocenters. The van der Waals surface area contributed by atoms with Crippen LogP contribution in [0.2, 0.25) is 0 Å². The lowest BCUT2D eigenvalue weighted by Crippen LogP contribution is -2.38. The first kappa shape index (κ1) is 18.5. The van der Waals surface area contributed by atoms with Crippen LogP contribution in [0.5, 0.6) is 11.5 Å². The highest BCUT2D eigenvalue weighted by molar-refractivity contribution is 7.91. The van der Waals surface area contributed by atoms with E-state index in [-0.39, 0.29) is 17.5 Å². The molecule has 1 aliphatic heterocycles. The van der Waals surface area contributed by atoms with Crippen molar-refractivity contribution < 1.29 is 22.7 Å². The van der Waals surface area contributed by atoms with E-state index in [9.17, 15) is 13.2 Å². The second-order valence-electron chi connectivity index (χ2n) is 5.81. The quantitative estimate of drug-likeness (QED) is 0.801. The summed E-state index contributed by atoms with van der Waals surface area (Å²) in [4.78, 5) is 16.4. The summed E-state index contributed by atoms with van der Waals surface area (Å²) in [6.07, 6.45) is 0.435. The number of ether oxygens (including phenoxy) is 2. The summed E-state index contributed by atoms with van der Waals surface area (Å²) in [6, 6.07) is 4.63. The summed E-state index contributed by atoms with van der Waals surface area (Å²) in [5.41, 5.74) is 1.52. The van der Waals surface area contributed by atoms with E-state index in [2.05, 4.69) is 15.6 Å². The Bertz CT molecular complexity index is 910. The summed E-state index contributed by atoms with van der Waals surface area (Å²) in [5, 5.41) is 7.55. The molecule has 3 rings (SSSR count). The first-order chi connectivity index (χ1) is 12.4. The molecule has 2 N–H and O–H groups in total. The third kappa shape index (κ3) is 4.25. The highest BCUT2D eigenvalue weighted by atomic mass is 32.2. The summed E-state index contributed by atoms with van der Waals surface area (Å²) >= 11 is 1.28. The lowest BCUT2D eigenvalue weighted by Gasteiger charge is -2.10. The highest BCUT2D eigenvalue weighted by Crippen LogP contribution is 2.33. The van der Waals surface area contributed by atoms with Gasteiger partial charge in [0.2, 0.25) is 0 Å². The zero-order valence-electron chi connectivity index (χ0n) is 14.3. The van der Waals surface area contributed by atoms with Gasteiger partial charge in [-0.25, -0.2) is 18.2 Å². The van der Waals surface area contributed by atoms with Crippen LogP contribution in [0.15, 0.2) is 23.6 Å². The molecule has 0 radical (unpaired) electrons. The van der Waals surface area contributed by atoms with Crippen LogP contribution in [0.25, 0.3) is 11.3 Å². The molecule has 8 nitrogen and oxygen atoms in total. The zero-order valence-corrected chi connectivity index (χ0v) is 15.9. The zero-order chi connectivity index (χ0) is 18.7. The van der Waals surface area contributed by atoms with E-state index in [1.807, 2.05) is 11.4 Å². The Labute approximate surface area is 155 Å². The van der Waals surface area contributed by atoms with Crippen LogP contribution in [-0.2, 0) is 9.84 Å². The number of aromatic nitrogens is 1. The van der Waals surface area contributed by atoms with Crippen molar-refractivity contribution in [1.29, 1.82) is 0 Å². The van der Waals surface area contributed by atoms with E-state index >= 15 is 0 Å². The molecule has 26 heavy (non-hydrogen) atoms. The number of hydrogen-bond donors (Lipinski definition) is 2. The lowest BCUT2D eigenvalue weighted by molar-refractivity contribution is 0.249. The average molecular weight is 397 g/mol. The maximum absolute atomic E-state index is 12.0. The number of nitrogens with one attached hydrogen (secondary N) is 2. The standard InChI is InChI=1S/C16H19N3O5S2/c1-23-13-4-3-10(7-14(13)24-2)12-8-25-16(18-12)19-15(20)17-11-5-6-26(21,22)9-11/h3-4,7-8,11H,5-6,9H2,1-2H3,(H2,17,18,19,20)/t11-/m1/s1. The Morgan fingerprint density at radius 3 is 2.69 bits per heavy atom. The van der Waals surface area contributed by atoms with Crippen LogP contribution >= 0.6 is 11.3 Å². The van der Waals surface area contributed by atoms with Crippen LogP contribution in [0, 0.1) is 0 Å². The van der Waals surface area contributed by atoms with Gasteiger partial charge in [-0.05, 0) is 24.6 Å². The molecule has 1 atom stereocenters. The number of carbonyl (C=O) groups excluding carboxylic acids is 1. The fourth-order valence-corrected chi connectivity index (χ4v) is 5.07. The lowest BCUT2D eigenvalue weighted by atomic mass is 10.1. The fourth-order valence-electron chi connectivity index (χ4n) is 2.69. The highest BCUT2D eigenvalue weighted by Gasteiger charge is 2.29. The van der Waals surface area contributed by atoms with Gasteiger partial charge in [-0.3, -0.25) is 5.32 Å². The molecular weight excluding hydrogens is 378 g/mol. The normalized spacial score (nSPS) is 18.3. The van der Waals surface area contributed by atoms with Crippen molar-refractivity contribution in [3.05, 3.63) is 23.6 Å². The Morgan fingerprint density at radius 2 is 2.04 bits per heavy atom. The molecule has 2 heterocycles. The maximum Gasteiger partial charge on any atom is 0.321 e. The number of sulfone groups is 1. The van der Waals surface area contributed by atoms with Crippen molar-refractivity contribution in [3.8, 4) is 22.8 Å². The van der Waals surface area contributed by atoms with Gasteiger partial charge in [0.1, 0.15) is 0 Å². The van der Waals surface area contributed by atoms with E-state index in [1.54, 1.807) is 26.4 Å². The van der Waals surface area contributed by atoms with Gasteiger partial charge in [-0.15, -0.1) is 11.3 Å². The summed E-state index contributed by atoms with van der Waals surface area (Å²) in [6.45, 7) is 0. The van der Waals surface area contributed by atoms with E-state index in [0.717, 1.165) is 5.56 Å². The smallest absolute Gasteiger partial charge is 0.321 e. The fraction of sp³-hybridized carbons (Fsp3) is 0.375. The van der Waals surface area contributed by atoms with Crippen LogP contribution in [-0.4, -0.2) is 51.2 Å². The molecular formula is C16H19N3O5S2. The number of hydrogen-bond acceptors (Lipinski definition) is 7. The number of benzene rings is 1. The van der Waals surface area contributed by atoms with Gasteiger partial charge in [-0.2, -0.15) is 0 Å². The number of carbonyl (C=O) groups is 1. The molecule has 0 spiro atoms. The molecule has 1 fully saturated rings. The first-order valence-electron chi connectivity index (χ1n) is 7.86. The Hall–Kier alpha value is -2.33. The van der Waals surface area contributed by atoms with Crippen molar-refractivity contribution in [3.63, 3.8) is 0 Å². The average Bonchev–Trinajstić information content (AvgIpc) is 3.20. The molecule has 1 aromatic carbocycles. The molecule has 10 heteroatoms. The summed E-state index contributed by atoms with van der Waals surface area (Å²) in [5.74, 6) is 1.30. The molecule has 0 saturated carbocycles. The van der Waals surface area contributed by atoms with E-state index in [0.29, 0.717) is 28.7 Å². The number of rotatable bonds is 5.